The van der Waals surface area contributed by atoms with Crippen LogP contribution < -0.4 is 20.5 Å². The molecule has 0 aliphatic carbocycles. The van der Waals surface area contributed by atoms with Crippen molar-refractivity contribution in [1.29, 1.82) is 0 Å². The van der Waals surface area contributed by atoms with E-state index in [-0.39, 0.29) is 24.1 Å². The number of amides is 2. The van der Waals surface area contributed by atoms with Crippen molar-refractivity contribution in [2.24, 2.45) is 5.92 Å². The first-order chi connectivity index (χ1) is 15.5. The summed E-state index contributed by atoms with van der Waals surface area (Å²) in [5.41, 5.74) is 7.87. The largest absolute Gasteiger partial charge is 0.489 e. The zero-order valence-electron chi connectivity index (χ0n) is 17.1. The van der Waals surface area contributed by atoms with Crippen LogP contribution in [0.15, 0.2) is 77.3 Å². The second-order valence-electron chi connectivity index (χ2n) is 7.44. The van der Waals surface area contributed by atoms with Gasteiger partial charge in [0.25, 0.3) is 0 Å². The Morgan fingerprint density at radius 1 is 1.03 bits per heavy atom. The highest BCUT2D eigenvalue weighted by molar-refractivity contribution is 9.10. The second kappa shape index (κ2) is 9.82. The molecule has 1 aliphatic heterocycles. The van der Waals surface area contributed by atoms with E-state index in [9.17, 15) is 14.0 Å². The summed E-state index contributed by atoms with van der Waals surface area (Å²) in [6.07, 6.45) is 0.166. The first-order valence-electron chi connectivity index (χ1n) is 10.1. The highest BCUT2D eigenvalue weighted by atomic mass is 79.9. The molecule has 0 aromatic heterocycles. The topological polar surface area (TPSA) is 70.7 Å². The normalized spacial score (nSPS) is 15.5. The molecule has 1 saturated heterocycles. The molecule has 1 atom stereocenters. The first kappa shape index (κ1) is 21.8. The van der Waals surface area contributed by atoms with E-state index in [1.165, 1.54) is 12.1 Å². The molecule has 4 rings (SSSR count). The number of nitrogens with zero attached hydrogens (tertiary/aromatic N) is 1. The Bertz CT molecular complexity index is 1090. The van der Waals surface area contributed by atoms with Gasteiger partial charge in [-0.3, -0.25) is 20.4 Å². The van der Waals surface area contributed by atoms with Gasteiger partial charge in [-0.15, -0.1) is 0 Å². The second-order valence-corrected chi connectivity index (χ2v) is 8.35. The molecule has 0 spiro atoms. The molecule has 3 aromatic carbocycles. The van der Waals surface area contributed by atoms with Gasteiger partial charge < -0.3 is 9.64 Å². The van der Waals surface area contributed by atoms with Crippen LogP contribution in [0, 0.1) is 11.7 Å². The monoisotopic (exact) mass is 497 g/mol. The number of hydrogen-bond acceptors (Lipinski definition) is 4. The van der Waals surface area contributed by atoms with Crippen molar-refractivity contribution < 1.29 is 18.7 Å². The maximum absolute atomic E-state index is 13.0. The van der Waals surface area contributed by atoms with Crippen molar-refractivity contribution in [3.05, 3.63) is 88.6 Å². The lowest BCUT2D eigenvalue weighted by Gasteiger charge is -2.17. The molecular formula is C24H21BrFN3O3. The van der Waals surface area contributed by atoms with Gasteiger partial charge >= 0.3 is 0 Å². The van der Waals surface area contributed by atoms with Gasteiger partial charge in [-0.1, -0.05) is 28.1 Å². The highest BCUT2D eigenvalue weighted by Crippen LogP contribution is 2.26. The summed E-state index contributed by atoms with van der Waals surface area (Å²) in [7, 11) is 0. The van der Waals surface area contributed by atoms with Crippen LogP contribution in [0.2, 0.25) is 0 Å². The summed E-state index contributed by atoms with van der Waals surface area (Å²) in [4.78, 5) is 26.5. The molecule has 0 saturated carbocycles. The van der Waals surface area contributed by atoms with Crippen molar-refractivity contribution >= 4 is 39.1 Å². The average molecular weight is 498 g/mol. The van der Waals surface area contributed by atoms with Gasteiger partial charge in [0.15, 0.2) is 0 Å². The molecule has 8 heteroatoms. The Labute approximate surface area is 193 Å². The number of benzene rings is 3. The Kier molecular flexibility index (Phi) is 6.70. The Balaban J connectivity index is 1.26. The van der Waals surface area contributed by atoms with Crippen LogP contribution in [0.25, 0.3) is 0 Å². The van der Waals surface area contributed by atoms with Gasteiger partial charge in [0.2, 0.25) is 11.8 Å². The number of carbonyl (C=O) groups is 2. The molecule has 0 unspecified atom stereocenters. The average Bonchev–Trinajstić information content (AvgIpc) is 3.20. The zero-order chi connectivity index (χ0) is 22.5. The maximum atomic E-state index is 13.0. The number of nitrogens with one attached hydrogen (secondary N) is 2. The van der Waals surface area contributed by atoms with E-state index in [1.54, 1.807) is 41.3 Å². The van der Waals surface area contributed by atoms with Crippen molar-refractivity contribution in [3.63, 3.8) is 0 Å². The van der Waals surface area contributed by atoms with Crippen LogP contribution >= 0.6 is 15.9 Å². The van der Waals surface area contributed by atoms with Crippen LogP contribution in [-0.4, -0.2) is 18.4 Å². The smallest absolute Gasteiger partial charge is 0.243 e. The predicted molar refractivity (Wildman–Crippen MR) is 124 cm³/mol. The number of carbonyl (C=O) groups excluding carboxylic acids is 2. The molecule has 1 heterocycles. The van der Waals surface area contributed by atoms with Crippen LogP contribution in [0.4, 0.5) is 15.8 Å². The van der Waals surface area contributed by atoms with Gasteiger partial charge in [-0.25, -0.2) is 4.39 Å². The van der Waals surface area contributed by atoms with Crippen LogP contribution in [0.3, 0.4) is 0 Å². The van der Waals surface area contributed by atoms with E-state index in [0.717, 1.165) is 15.7 Å². The van der Waals surface area contributed by atoms with E-state index in [0.29, 0.717) is 24.6 Å². The summed E-state index contributed by atoms with van der Waals surface area (Å²) in [6.45, 7) is 0.665. The summed E-state index contributed by atoms with van der Waals surface area (Å²) in [5.74, 6) is -0.381. The van der Waals surface area contributed by atoms with Gasteiger partial charge in [0.05, 0.1) is 11.6 Å². The van der Waals surface area contributed by atoms with E-state index < -0.39 is 5.92 Å². The first-order valence-corrected chi connectivity index (χ1v) is 10.9. The number of halogens is 2. The molecule has 0 radical (unpaired) electrons. The maximum Gasteiger partial charge on any atom is 0.243 e. The van der Waals surface area contributed by atoms with E-state index in [2.05, 4.69) is 26.8 Å². The lowest BCUT2D eigenvalue weighted by Crippen LogP contribution is -2.36. The molecule has 2 amide bonds. The van der Waals surface area contributed by atoms with Crippen molar-refractivity contribution in [2.45, 2.75) is 13.0 Å². The molecule has 2 N–H and O–H groups in total. The lowest BCUT2D eigenvalue weighted by molar-refractivity contribution is -0.125. The van der Waals surface area contributed by atoms with Crippen molar-refractivity contribution in [2.75, 3.05) is 16.9 Å². The Morgan fingerprint density at radius 2 is 1.72 bits per heavy atom. The standard InChI is InChI=1S/C24H21BrFN3O3/c25-18-3-9-21(10-4-18)29-14-17(13-23(29)30)24(31)28-27-20-7-11-22(12-8-20)32-15-16-1-5-19(26)6-2-16/h1-12,17,27H,13-15H2,(H,28,31)/t17-/m0/s1. The van der Waals surface area contributed by atoms with Crippen LogP contribution in [0.5, 0.6) is 5.75 Å². The number of hydrogen-bond donors (Lipinski definition) is 2. The SMILES string of the molecule is O=C(NNc1ccc(OCc2ccc(F)cc2)cc1)[C@H]1CC(=O)N(c2ccc(Br)cc2)C1. The van der Waals surface area contributed by atoms with Crippen molar-refractivity contribution in [1.82, 2.24) is 5.43 Å². The molecule has 164 valence electrons. The molecule has 6 nitrogen and oxygen atoms in total. The summed E-state index contributed by atoms with van der Waals surface area (Å²) < 4.78 is 19.6. The number of ether oxygens (including phenoxy) is 1. The van der Waals surface area contributed by atoms with E-state index >= 15 is 0 Å². The fourth-order valence-corrected chi connectivity index (χ4v) is 3.64. The predicted octanol–water partition coefficient (Wildman–Crippen LogP) is 4.66. The number of rotatable bonds is 7. The fourth-order valence-electron chi connectivity index (χ4n) is 3.37. The van der Waals surface area contributed by atoms with E-state index in [1.807, 2.05) is 24.3 Å². The molecular weight excluding hydrogens is 477 g/mol. The highest BCUT2D eigenvalue weighted by Gasteiger charge is 2.35. The summed E-state index contributed by atoms with van der Waals surface area (Å²) >= 11 is 3.38. The number of hydrazine groups is 1. The van der Waals surface area contributed by atoms with E-state index in [4.69, 9.17) is 4.74 Å². The van der Waals surface area contributed by atoms with Crippen LogP contribution in [-0.2, 0) is 16.2 Å². The summed E-state index contributed by atoms with van der Waals surface area (Å²) in [6, 6.07) is 20.6. The minimum Gasteiger partial charge on any atom is -0.489 e. The van der Waals surface area contributed by atoms with Gasteiger partial charge in [0.1, 0.15) is 18.2 Å². The zero-order valence-corrected chi connectivity index (χ0v) is 18.6. The molecule has 32 heavy (non-hydrogen) atoms. The number of anilines is 2. The third kappa shape index (κ3) is 5.45. The van der Waals surface area contributed by atoms with Gasteiger partial charge in [0, 0.05) is 23.1 Å². The third-order valence-electron chi connectivity index (χ3n) is 5.14. The minimum atomic E-state index is -0.433. The molecule has 3 aromatic rings. The quantitative estimate of drug-likeness (QED) is 0.465. The molecule has 1 fully saturated rings. The third-order valence-corrected chi connectivity index (χ3v) is 5.67. The minimum absolute atomic E-state index is 0.0740. The Morgan fingerprint density at radius 3 is 2.41 bits per heavy atom. The fraction of sp³-hybridized carbons (Fsp3) is 0.167. The van der Waals surface area contributed by atoms with Gasteiger partial charge in [-0.2, -0.15) is 0 Å². The lowest BCUT2D eigenvalue weighted by atomic mass is 10.1. The van der Waals surface area contributed by atoms with Crippen molar-refractivity contribution in [3.8, 4) is 5.75 Å². The summed E-state index contributed by atoms with van der Waals surface area (Å²) in [5, 5.41) is 0. The van der Waals surface area contributed by atoms with Crippen LogP contribution in [0.1, 0.15) is 12.0 Å². The molecule has 1 aliphatic rings. The molecule has 0 bridgehead atoms. The van der Waals surface area contributed by atoms with Gasteiger partial charge in [-0.05, 0) is 66.2 Å². The Hall–Kier alpha value is -3.39.